The molecule has 0 aliphatic heterocycles. The maximum Gasteiger partial charge on any atom is 0.348 e. The van der Waals surface area contributed by atoms with E-state index in [1.54, 1.807) is 30.3 Å². The summed E-state index contributed by atoms with van der Waals surface area (Å²) in [6.45, 7) is 0. The predicted octanol–water partition coefficient (Wildman–Crippen LogP) is 2.09. The quantitative estimate of drug-likeness (QED) is 0.776. The van der Waals surface area contributed by atoms with E-state index >= 15 is 0 Å². The molecule has 0 saturated carbocycles. The summed E-state index contributed by atoms with van der Waals surface area (Å²) in [5.41, 5.74) is -0.354. The molecular weight excluding hydrogens is 306 g/mol. The fourth-order valence-corrected chi connectivity index (χ4v) is 1.94. The average molecular weight is 316 g/mol. The molecule has 0 unspecified atom stereocenters. The first-order valence-corrected chi connectivity index (χ1v) is 6.56. The Balaban J connectivity index is 1.88. The smallest absolute Gasteiger partial charge is 0.317 e. The lowest BCUT2D eigenvalue weighted by Crippen LogP contribution is -2.16. The van der Waals surface area contributed by atoms with Gasteiger partial charge in [0.2, 0.25) is 5.82 Å². The number of halogens is 2. The van der Waals surface area contributed by atoms with Gasteiger partial charge in [-0.3, -0.25) is 9.78 Å². The normalized spacial score (nSPS) is 10.5. The van der Waals surface area contributed by atoms with Crippen LogP contribution in [-0.2, 0) is 0 Å². The second kappa shape index (κ2) is 5.84. The Kier molecular flexibility index (Phi) is 3.71. The van der Waals surface area contributed by atoms with Crippen LogP contribution in [0.15, 0.2) is 53.3 Å². The van der Waals surface area contributed by atoms with Gasteiger partial charge in [0.05, 0.1) is 11.4 Å². The lowest BCUT2D eigenvalue weighted by molar-refractivity contribution is 0.101. The highest BCUT2D eigenvalue weighted by Crippen LogP contribution is 2.15. The number of carbonyl (C=O) groups excluding carboxylic acids is 1. The molecule has 1 amide bonds. The maximum atomic E-state index is 13.5. The van der Waals surface area contributed by atoms with Crippen molar-refractivity contribution in [3.63, 3.8) is 0 Å². The second-order valence-corrected chi connectivity index (χ2v) is 4.60. The van der Waals surface area contributed by atoms with E-state index in [2.05, 4.69) is 15.4 Å². The number of aromatic nitrogens is 3. The Bertz CT molecular complexity index is 919. The number of anilines is 1. The predicted molar refractivity (Wildman–Crippen MR) is 78.5 cm³/mol. The van der Waals surface area contributed by atoms with E-state index in [9.17, 15) is 18.4 Å². The molecular formula is C15H10F2N4O2. The molecule has 2 aromatic carbocycles. The van der Waals surface area contributed by atoms with Gasteiger partial charge in [-0.2, -0.15) is 4.68 Å². The van der Waals surface area contributed by atoms with Crippen LogP contribution in [0, 0.1) is 11.6 Å². The third-order valence-corrected chi connectivity index (χ3v) is 3.01. The fraction of sp³-hybridized carbons (Fsp3) is 0. The Morgan fingerprint density at radius 3 is 2.57 bits per heavy atom. The SMILES string of the molecule is O=C(Nc1ccc(F)cc1F)c1nn(-c2ccccc2)c(=O)[nH]1. The molecule has 0 radical (unpaired) electrons. The number of H-pyrrole nitrogens is 1. The van der Waals surface area contributed by atoms with Crippen LogP contribution in [0.3, 0.4) is 0 Å². The van der Waals surface area contributed by atoms with Crippen LogP contribution < -0.4 is 11.0 Å². The molecule has 1 heterocycles. The second-order valence-electron chi connectivity index (χ2n) is 4.60. The highest BCUT2D eigenvalue weighted by molar-refractivity contribution is 6.01. The fourth-order valence-electron chi connectivity index (χ4n) is 1.94. The van der Waals surface area contributed by atoms with Crippen molar-refractivity contribution >= 4 is 11.6 Å². The molecule has 0 fully saturated rings. The molecule has 1 aromatic heterocycles. The molecule has 0 aliphatic rings. The van der Waals surface area contributed by atoms with Crippen LogP contribution in [0.5, 0.6) is 0 Å². The molecule has 6 nitrogen and oxygen atoms in total. The first kappa shape index (κ1) is 14.6. The minimum Gasteiger partial charge on any atom is -0.317 e. The number of rotatable bonds is 3. The molecule has 8 heteroatoms. The van der Waals surface area contributed by atoms with E-state index in [0.29, 0.717) is 11.8 Å². The molecule has 0 saturated heterocycles. The number of amides is 1. The zero-order chi connectivity index (χ0) is 16.4. The number of para-hydroxylation sites is 1. The maximum absolute atomic E-state index is 13.5. The summed E-state index contributed by atoms with van der Waals surface area (Å²) in [6.07, 6.45) is 0. The summed E-state index contributed by atoms with van der Waals surface area (Å²) in [6, 6.07) is 11.2. The standard InChI is InChI=1S/C15H10F2N4O2/c16-9-6-7-12(11(17)8-9)18-14(22)13-19-15(23)21(20-13)10-4-2-1-3-5-10/h1-8H,(H,18,22)(H,19,20,23). The van der Waals surface area contributed by atoms with Gasteiger partial charge in [-0.1, -0.05) is 18.2 Å². The summed E-state index contributed by atoms with van der Waals surface area (Å²) in [5.74, 6) is -2.80. The number of carbonyl (C=O) groups is 1. The number of hydrogen-bond donors (Lipinski definition) is 2. The summed E-state index contributed by atoms with van der Waals surface area (Å²) < 4.78 is 27.4. The first-order chi connectivity index (χ1) is 11.0. The molecule has 0 bridgehead atoms. The molecule has 116 valence electrons. The monoisotopic (exact) mass is 316 g/mol. The molecule has 23 heavy (non-hydrogen) atoms. The zero-order valence-electron chi connectivity index (χ0n) is 11.6. The van der Waals surface area contributed by atoms with Gasteiger partial charge in [0, 0.05) is 6.07 Å². The minimum absolute atomic E-state index is 0.216. The third kappa shape index (κ3) is 3.00. The van der Waals surface area contributed by atoms with Crippen molar-refractivity contribution in [2.45, 2.75) is 0 Å². The lowest BCUT2D eigenvalue weighted by Gasteiger charge is -2.04. The van der Waals surface area contributed by atoms with Gasteiger partial charge in [0.25, 0.3) is 5.91 Å². The van der Waals surface area contributed by atoms with Gasteiger partial charge in [0.1, 0.15) is 11.6 Å². The summed E-state index contributed by atoms with van der Waals surface area (Å²) in [7, 11) is 0. The van der Waals surface area contributed by atoms with E-state index in [1.165, 1.54) is 0 Å². The van der Waals surface area contributed by atoms with Crippen molar-refractivity contribution in [1.29, 1.82) is 0 Å². The molecule has 3 aromatic rings. The van der Waals surface area contributed by atoms with Crippen LogP contribution in [-0.4, -0.2) is 20.7 Å². The van der Waals surface area contributed by atoms with Gasteiger partial charge >= 0.3 is 5.69 Å². The van der Waals surface area contributed by atoms with E-state index in [-0.39, 0.29) is 11.5 Å². The van der Waals surface area contributed by atoms with E-state index in [1.807, 2.05) is 0 Å². The Morgan fingerprint density at radius 2 is 1.87 bits per heavy atom. The summed E-state index contributed by atoms with van der Waals surface area (Å²) in [4.78, 5) is 26.2. The number of hydrogen-bond acceptors (Lipinski definition) is 3. The molecule has 3 rings (SSSR count). The van der Waals surface area contributed by atoms with Gasteiger partial charge < -0.3 is 5.32 Å². The van der Waals surface area contributed by atoms with Crippen LogP contribution in [0.25, 0.3) is 5.69 Å². The highest BCUT2D eigenvalue weighted by Gasteiger charge is 2.16. The van der Waals surface area contributed by atoms with Crippen LogP contribution in [0.4, 0.5) is 14.5 Å². The largest absolute Gasteiger partial charge is 0.348 e. The van der Waals surface area contributed by atoms with Crippen molar-refractivity contribution in [3.8, 4) is 5.69 Å². The van der Waals surface area contributed by atoms with E-state index < -0.39 is 23.2 Å². The summed E-state index contributed by atoms with van der Waals surface area (Å²) >= 11 is 0. The van der Waals surface area contributed by atoms with Crippen LogP contribution in [0.2, 0.25) is 0 Å². The van der Waals surface area contributed by atoms with E-state index in [4.69, 9.17) is 0 Å². The number of aromatic amines is 1. The average Bonchev–Trinajstić information content (AvgIpc) is 2.93. The van der Waals surface area contributed by atoms with E-state index in [0.717, 1.165) is 16.8 Å². The molecule has 0 aliphatic carbocycles. The van der Waals surface area contributed by atoms with Gasteiger partial charge in [-0.25, -0.2) is 13.6 Å². The summed E-state index contributed by atoms with van der Waals surface area (Å²) in [5, 5.41) is 6.08. The van der Waals surface area contributed by atoms with Crippen molar-refractivity contribution in [3.05, 3.63) is 76.5 Å². The highest BCUT2D eigenvalue weighted by atomic mass is 19.1. The van der Waals surface area contributed by atoms with Crippen molar-refractivity contribution in [1.82, 2.24) is 14.8 Å². The third-order valence-electron chi connectivity index (χ3n) is 3.01. The Morgan fingerprint density at radius 1 is 1.13 bits per heavy atom. The van der Waals surface area contributed by atoms with Gasteiger partial charge in [-0.15, -0.1) is 5.10 Å². The topological polar surface area (TPSA) is 79.8 Å². The first-order valence-electron chi connectivity index (χ1n) is 6.56. The molecule has 0 spiro atoms. The number of nitrogens with zero attached hydrogens (tertiary/aromatic N) is 2. The minimum atomic E-state index is -0.928. The number of nitrogens with one attached hydrogen (secondary N) is 2. The Labute approximate surface area is 128 Å². The zero-order valence-corrected chi connectivity index (χ0v) is 11.6. The van der Waals surface area contributed by atoms with Crippen molar-refractivity contribution in [2.75, 3.05) is 5.32 Å². The molecule has 2 N–H and O–H groups in total. The lowest BCUT2D eigenvalue weighted by atomic mass is 10.3. The van der Waals surface area contributed by atoms with Gasteiger partial charge in [-0.05, 0) is 24.3 Å². The van der Waals surface area contributed by atoms with Crippen molar-refractivity contribution in [2.24, 2.45) is 0 Å². The van der Waals surface area contributed by atoms with Gasteiger partial charge in [0.15, 0.2) is 0 Å². The van der Waals surface area contributed by atoms with Crippen LogP contribution in [0.1, 0.15) is 10.6 Å². The molecule has 0 atom stereocenters. The Hall–Kier alpha value is -3.29. The number of benzene rings is 2. The van der Waals surface area contributed by atoms with Crippen LogP contribution >= 0.6 is 0 Å². The van der Waals surface area contributed by atoms with Crippen molar-refractivity contribution < 1.29 is 13.6 Å².